The predicted molar refractivity (Wildman–Crippen MR) is 65.0 cm³/mol. The van der Waals surface area contributed by atoms with Crippen molar-refractivity contribution in [3.63, 3.8) is 0 Å². The summed E-state index contributed by atoms with van der Waals surface area (Å²) in [5.41, 5.74) is 7.34. The van der Waals surface area contributed by atoms with E-state index >= 15 is 0 Å². The van der Waals surface area contributed by atoms with Crippen LogP contribution in [-0.4, -0.2) is 12.1 Å². The Hall–Kier alpha value is -1.53. The Morgan fingerprint density at radius 2 is 2.19 bits per heavy atom. The Kier molecular flexibility index (Phi) is 2.84. The molecule has 3 nitrogen and oxygen atoms in total. The van der Waals surface area contributed by atoms with Crippen molar-refractivity contribution in [2.75, 3.05) is 11.9 Å². The van der Waals surface area contributed by atoms with Crippen LogP contribution in [0, 0.1) is 17.2 Å². The van der Waals surface area contributed by atoms with E-state index in [4.69, 9.17) is 11.0 Å². The molecule has 0 saturated heterocycles. The van der Waals surface area contributed by atoms with Crippen molar-refractivity contribution in [2.24, 2.45) is 11.7 Å². The van der Waals surface area contributed by atoms with Crippen LogP contribution in [0.5, 0.6) is 0 Å². The largest absolute Gasteiger partial charge is 0.377 e. The van der Waals surface area contributed by atoms with Crippen LogP contribution >= 0.6 is 0 Å². The third-order valence-electron chi connectivity index (χ3n) is 3.37. The fraction of sp³-hybridized carbons (Fsp3) is 0.462. The van der Waals surface area contributed by atoms with E-state index in [-0.39, 0.29) is 5.54 Å². The predicted octanol–water partition coefficient (Wildman–Crippen LogP) is 2.10. The number of nitrogens with one attached hydrogen (secondary N) is 1. The van der Waals surface area contributed by atoms with Gasteiger partial charge in [-0.3, -0.25) is 0 Å². The number of hydrogen-bond donors (Lipinski definition) is 2. The van der Waals surface area contributed by atoms with Gasteiger partial charge in [-0.05, 0) is 37.8 Å². The van der Waals surface area contributed by atoms with Crippen molar-refractivity contribution in [1.29, 1.82) is 5.26 Å². The number of nitriles is 1. The van der Waals surface area contributed by atoms with Crippen molar-refractivity contribution < 1.29 is 0 Å². The standard InChI is InChI=1S/C13H17N3/c1-13(9-15,11-6-7-11)16-12-5-3-2-4-10(12)8-14/h2-5,11,16H,6-7,9,15H2,1H3. The van der Waals surface area contributed by atoms with Crippen molar-refractivity contribution in [3.8, 4) is 6.07 Å². The van der Waals surface area contributed by atoms with Crippen LogP contribution in [0.4, 0.5) is 5.69 Å². The number of anilines is 1. The molecule has 0 heterocycles. The number of para-hydroxylation sites is 1. The molecule has 0 aliphatic heterocycles. The Balaban J connectivity index is 2.22. The molecule has 1 fully saturated rings. The van der Waals surface area contributed by atoms with Crippen LogP contribution in [0.15, 0.2) is 24.3 Å². The third kappa shape index (κ3) is 2.02. The van der Waals surface area contributed by atoms with Gasteiger partial charge >= 0.3 is 0 Å². The minimum atomic E-state index is -0.0764. The first-order valence-electron chi connectivity index (χ1n) is 5.67. The molecule has 3 N–H and O–H groups in total. The minimum absolute atomic E-state index is 0.0764. The number of nitrogens with zero attached hydrogens (tertiary/aromatic N) is 1. The van der Waals surface area contributed by atoms with Gasteiger partial charge in [0.2, 0.25) is 0 Å². The third-order valence-corrected chi connectivity index (χ3v) is 3.37. The molecular weight excluding hydrogens is 198 g/mol. The molecule has 2 rings (SSSR count). The van der Waals surface area contributed by atoms with Gasteiger partial charge in [-0.2, -0.15) is 5.26 Å². The molecule has 1 saturated carbocycles. The first-order chi connectivity index (χ1) is 7.69. The average molecular weight is 215 g/mol. The van der Waals surface area contributed by atoms with Crippen LogP contribution in [-0.2, 0) is 0 Å². The summed E-state index contributed by atoms with van der Waals surface area (Å²) >= 11 is 0. The van der Waals surface area contributed by atoms with Crippen LogP contribution in [0.25, 0.3) is 0 Å². The molecule has 0 bridgehead atoms. The molecule has 0 amide bonds. The summed E-state index contributed by atoms with van der Waals surface area (Å²) in [6, 6.07) is 9.78. The highest BCUT2D eigenvalue weighted by molar-refractivity contribution is 5.58. The van der Waals surface area contributed by atoms with E-state index in [1.807, 2.05) is 24.3 Å². The maximum absolute atomic E-state index is 9.02. The van der Waals surface area contributed by atoms with E-state index in [0.717, 1.165) is 5.69 Å². The number of benzene rings is 1. The smallest absolute Gasteiger partial charge is 0.101 e. The van der Waals surface area contributed by atoms with E-state index in [9.17, 15) is 0 Å². The highest BCUT2D eigenvalue weighted by Gasteiger charge is 2.40. The lowest BCUT2D eigenvalue weighted by Gasteiger charge is -2.31. The molecule has 1 atom stereocenters. The fourth-order valence-electron chi connectivity index (χ4n) is 2.04. The molecule has 1 unspecified atom stereocenters. The molecule has 1 aromatic carbocycles. The van der Waals surface area contributed by atoms with Gasteiger partial charge < -0.3 is 11.1 Å². The van der Waals surface area contributed by atoms with Gasteiger partial charge in [-0.25, -0.2) is 0 Å². The molecule has 16 heavy (non-hydrogen) atoms. The van der Waals surface area contributed by atoms with Crippen LogP contribution in [0.3, 0.4) is 0 Å². The molecule has 1 aromatic rings. The van der Waals surface area contributed by atoms with Crippen molar-refractivity contribution in [2.45, 2.75) is 25.3 Å². The Morgan fingerprint density at radius 3 is 2.75 bits per heavy atom. The first-order valence-corrected chi connectivity index (χ1v) is 5.67. The maximum Gasteiger partial charge on any atom is 0.101 e. The summed E-state index contributed by atoms with van der Waals surface area (Å²) < 4.78 is 0. The van der Waals surface area contributed by atoms with Crippen LogP contribution < -0.4 is 11.1 Å². The zero-order chi connectivity index (χ0) is 11.6. The van der Waals surface area contributed by atoms with Gasteiger partial charge in [0.05, 0.1) is 11.3 Å². The minimum Gasteiger partial charge on any atom is -0.377 e. The molecule has 0 aromatic heterocycles. The quantitative estimate of drug-likeness (QED) is 0.808. The lowest BCUT2D eigenvalue weighted by Crippen LogP contribution is -2.44. The molecule has 0 radical (unpaired) electrons. The topological polar surface area (TPSA) is 61.8 Å². The van der Waals surface area contributed by atoms with Crippen molar-refractivity contribution in [1.82, 2.24) is 0 Å². The van der Waals surface area contributed by atoms with E-state index in [0.29, 0.717) is 18.0 Å². The number of hydrogen-bond acceptors (Lipinski definition) is 3. The zero-order valence-electron chi connectivity index (χ0n) is 9.53. The van der Waals surface area contributed by atoms with Gasteiger partial charge in [0.1, 0.15) is 6.07 Å². The van der Waals surface area contributed by atoms with Crippen molar-refractivity contribution >= 4 is 5.69 Å². The lowest BCUT2D eigenvalue weighted by atomic mass is 9.95. The summed E-state index contributed by atoms with van der Waals surface area (Å²) in [6.07, 6.45) is 2.46. The SMILES string of the molecule is CC(CN)(Nc1ccccc1C#N)C1CC1. The Morgan fingerprint density at radius 1 is 1.50 bits per heavy atom. The average Bonchev–Trinajstić information content (AvgIpc) is 3.14. The van der Waals surface area contributed by atoms with Gasteiger partial charge in [0.15, 0.2) is 0 Å². The molecule has 84 valence electrons. The summed E-state index contributed by atoms with van der Waals surface area (Å²) in [5, 5.41) is 12.5. The van der Waals surface area contributed by atoms with Gasteiger partial charge in [0, 0.05) is 12.1 Å². The van der Waals surface area contributed by atoms with E-state index in [1.54, 1.807) is 0 Å². The molecule has 0 spiro atoms. The summed E-state index contributed by atoms with van der Waals surface area (Å²) in [6.45, 7) is 2.73. The second-order valence-corrected chi connectivity index (χ2v) is 4.68. The van der Waals surface area contributed by atoms with Crippen molar-refractivity contribution in [3.05, 3.63) is 29.8 Å². The summed E-state index contributed by atoms with van der Waals surface area (Å²) in [5.74, 6) is 0.643. The second-order valence-electron chi connectivity index (χ2n) is 4.68. The van der Waals surface area contributed by atoms with Gasteiger partial charge in [-0.15, -0.1) is 0 Å². The highest BCUT2D eigenvalue weighted by Crippen LogP contribution is 2.41. The highest BCUT2D eigenvalue weighted by atomic mass is 15.0. The van der Waals surface area contributed by atoms with Gasteiger partial charge in [-0.1, -0.05) is 12.1 Å². The zero-order valence-corrected chi connectivity index (χ0v) is 9.53. The van der Waals surface area contributed by atoms with Crippen LogP contribution in [0.2, 0.25) is 0 Å². The van der Waals surface area contributed by atoms with E-state index < -0.39 is 0 Å². The molecular formula is C13H17N3. The van der Waals surface area contributed by atoms with E-state index in [2.05, 4.69) is 18.3 Å². The lowest BCUT2D eigenvalue weighted by molar-refractivity contribution is 0.459. The maximum atomic E-state index is 9.02. The second kappa shape index (κ2) is 4.15. The van der Waals surface area contributed by atoms with E-state index in [1.165, 1.54) is 12.8 Å². The fourth-order valence-corrected chi connectivity index (χ4v) is 2.04. The normalized spacial score (nSPS) is 18.6. The molecule has 1 aliphatic carbocycles. The molecule has 1 aliphatic rings. The Labute approximate surface area is 96.3 Å². The molecule has 3 heteroatoms. The number of rotatable bonds is 4. The Bertz CT molecular complexity index is 417. The number of nitrogens with two attached hydrogens (primary N) is 1. The summed E-state index contributed by atoms with van der Waals surface area (Å²) in [7, 11) is 0. The van der Waals surface area contributed by atoms with Crippen LogP contribution in [0.1, 0.15) is 25.3 Å². The van der Waals surface area contributed by atoms with Gasteiger partial charge in [0.25, 0.3) is 0 Å². The first kappa shape index (κ1) is 11.0. The summed E-state index contributed by atoms with van der Waals surface area (Å²) in [4.78, 5) is 0. The monoisotopic (exact) mass is 215 g/mol.